The molecule has 1 saturated carbocycles. The number of aryl methyl sites for hydroxylation is 1. The first-order valence-electron chi connectivity index (χ1n) is 12.2. The summed E-state index contributed by atoms with van der Waals surface area (Å²) in [5.41, 5.74) is 3.55. The Morgan fingerprint density at radius 1 is 1.26 bits per heavy atom. The summed E-state index contributed by atoms with van der Waals surface area (Å²) in [4.78, 5) is 7.08. The molecule has 1 aliphatic carbocycles. The van der Waals surface area contributed by atoms with Gasteiger partial charge < -0.3 is 4.90 Å². The lowest BCUT2D eigenvalue weighted by atomic mass is 10.1. The molecule has 0 aromatic carbocycles. The molecule has 1 aliphatic rings. The zero-order valence-electron chi connectivity index (χ0n) is 22.9. The molecule has 0 radical (unpaired) electrons. The minimum absolute atomic E-state index is 0.263. The van der Waals surface area contributed by atoms with Crippen molar-refractivity contribution in [2.75, 3.05) is 14.1 Å². The molecule has 0 aliphatic heterocycles. The van der Waals surface area contributed by atoms with Gasteiger partial charge in [-0.15, -0.1) is 17.9 Å². The maximum absolute atomic E-state index is 13.8. The largest absolute Gasteiger partial charge is 0.367 e. The summed E-state index contributed by atoms with van der Waals surface area (Å²) >= 11 is 1.61. The highest BCUT2D eigenvalue weighted by Gasteiger charge is 2.23. The molecule has 0 saturated heterocycles. The van der Waals surface area contributed by atoms with Crippen LogP contribution < -0.4 is 0 Å². The third kappa shape index (κ3) is 12.5. The zero-order chi connectivity index (χ0) is 27.0. The highest BCUT2D eigenvalue weighted by Crippen LogP contribution is 2.37. The summed E-state index contributed by atoms with van der Waals surface area (Å²) in [5.74, 6) is 1.46. The zero-order valence-corrected chi connectivity index (χ0v) is 23.7. The number of allylic oxidation sites excluding steroid dienone is 6. The fraction of sp³-hybridized carbons (Fsp3) is 0.400. The van der Waals surface area contributed by atoms with Crippen LogP contribution in [-0.4, -0.2) is 29.8 Å². The highest BCUT2D eigenvalue weighted by atomic mass is 32.1. The molecule has 2 aromatic heterocycles. The minimum atomic E-state index is -0.263. The summed E-state index contributed by atoms with van der Waals surface area (Å²) in [5, 5.41) is 8.82. The predicted molar refractivity (Wildman–Crippen MR) is 155 cm³/mol. The molecule has 1 fully saturated rings. The van der Waals surface area contributed by atoms with Gasteiger partial charge in [0.2, 0.25) is 0 Å². The van der Waals surface area contributed by atoms with E-state index in [0.29, 0.717) is 17.4 Å². The van der Waals surface area contributed by atoms with E-state index in [0.717, 1.165) is 17.0 Å². The second kappa shape index (κ2) is 17.6. The Labute approximate surface area is 217 Å². The average molecular weight is 498 g/mol. The van der Waals surface area contributed by atoms with Crippen LogP contribution in [0.15, 0.2) is 72.8 Å². The highest BCUT2D eigenvalue weighted by molar-refractivity contribution is 7.10. The Kier molecular flexibility index (Phi) is 16.2. The summed E-state index contributed by atoms with van der Waals surface area (Å²) in [6.45, 7) is 19.2. The van der Waals surface area contributed by atoms with Crippen molar-refractivity contribution in [1.82, 2.24) is 9.88 Å². The van der Waals surface area contributed by atoms with Gasteiger partial charge in [-0.05, 0) is 62.8 Å². The van der Waals surface area contributed by atoms with E-state index in [-0.39, 0.29) is 5.82 Å². The van der Waals surface area contributed by atoms with Crippen molar-refractivity contribution < 1.29 is 4.39 Å². The number of amidine groups is 1. The maximum Gasteiger partial charge on any atom is 0.149 e. The van der Waals surface area contributed by atoms with Crippen molar-refractivity contribution in [1.29, 1.82) is 5.41 Å². The van der Waals surface area contributed by atoms with Crippen molar-refractivity contribution in [3.05, 3.63) is 89.1 Å². The molecule has 1 N–H and O–H groups in total. The standard InChI is InChI=1S/C14H14FNS.C10H14.C4H10N2.C2H6/c1-4-10(3)13-6-11(8-17-13)14-12(15)5-9(2)7-16-14;1-3-5-9(6-4-2)10-7-8-10;1-4(5)6(2)3;1-2/h4-8,10H,1H2,2-3H3;3-6,10H,1,7-8H2,2H3;5H,1-3H3;1-2H3/b;6-4-,9-5+;;. The molecule has 0 spiro atoms. The van der Waals surface area contributed by atoms with Gasteiger partial charge in [0.25, 0.3) is 0 Å². The SMILES string of the molecule is C=C/C=C(\C=C/C)C1CC1.C=CC(C)c1cc(-c2ncc(C)cc2F)cs1.CC.CC(=N)N(C)C. The fourth-order valence-electron chi connectivity index (χ4n) is 2.65. The molecule has 2 heterocycles. The predicted octanol–water partition coefficient (Wildman–Crippen LogP) is 9.20. The Bertz CT molecular complexity index is 981. The van der Waals surface area contributed by atoms with Crippen LogP contribution in [0.3, 0.4) is 0 Å². The molecule has 2 aromatic rings. The van der Waals surface area contributed by atoms with Gasteiger partial charge in [0.1, 0.15) is 11.5 Å². The van der Waals surface area contributed by atoms with Crippen molar-refractivity contribution in [2.45, 2.75) is 60.3 Å². The van der Waals surface area contributed by atoms with Crippen LogP contribution in [0.1, 0.15) is 63.8 Å². The normalized spacial score (nSPS) is 13.2. The molecule has 1 unspecified atom stereocenters. The number of nitrogens with zero attached hydrogens (tertiary/aromatic N) is 2. The van der Waals surface area contributed by atoms with E-state index in [4.69, 9.17) is 5.41 Å². The number of aromatic nitrogens is 1. The van der Waals surface area contributed by atoms with Crippen molar-refractivity contribution >= 4 is 17.2 Å². The number of nitrogens with one attached hydrogen (secondary N) is 1. The molecular weight excluding hydrogens is 453 g/mol. The first kappa shape index (κ1) is 32.2. The lowest BCUT2D eigenvalue weighted by Crippen LogP contribution is -2.16. The smallest absolute Gasteiger partial charge is 0.149 e. The van der Waals surface area contributed by atoms with Crippen molar-refractivity contribution in [3.8, 4) is 11.3 Å². The summed E-state index contributed by atoms with van der Waals surface area (Å²) in [6.07, 6.45) is 14.5. The Balaban J connectivity index is 0.000000545. The summed E-state index contributed by atoms with van der Waals surface area (Å²) in [6, 6.07) is 3.49. The molecule has 3 rings (SSSR count). The maximum atomic E-state index is 13.8. The molecule has 1 atom stereocenters. The lowest BCUT2D eigenvalue weighted by Gasteiger charge is -2.06. The van der Waals surface area contributed by atoms with Gasteiger partial charge in [0, 0.05) is 42.0 Å². The number of halogens is 1. The number of hydrogen-bond acceptors (Lipinski definition) is 3. The Morgan fingerprint density at radius 2 is 1.86 bits per heavy atom. The van der Waals surface area contributed by atoms with Crippen LogP contribution in [0.5, 0.6) is 0 Å². The second-order valence-corrected chi connectivity index (χ2v) is 9.20. The van der Waals surface area contributed by atoms with E-state index in [1.54, 1.807) is 29.4 Å². The molecule has 35 heavy (non-hydrogen) atoms. The van der Waals surface area contributed by atoms with Crippen LogP contribution in [0.25, 0.3) is 11.3 Å². The first-order valence-corrected chi connectivity index (χ1v) is 13.0. The van der Waals surface area contributed by atoms with E-state index in [9.17, 15) is 4.39 Å². The van der Waals surface area contributed by atoms with Crippen molar-refractivity contribution in [2.24, 2.45) is 5.92 Å². The Morgan fingerprint density at radius 3 is 2.29 bits per heavy atom. The van der Waals surface area contributed by atoms with Crippen LogP contribution in [0.2, 0.25) is 0 Å². The number of pyridine rings is 1. The molecule has 5 heteroatoms. The molecule has 192 valence electrons. The topological polar surface area (TPSA) is 40.0 Å². The quantitative estimate of drug-likeness (QED) is 0.187. The average Bonchev–Trinajstić information content (AvgIpc) is 3.57. The van der Waals surface area contributed by atoms with Gasteiger partial charge in [-0.3, -0.25) is 10.4 Å². The van der Waals surface area contributed by atoms with E-state index >= 15 is 0 Å². The lowest BCUT2D eigenvalue weighted by molar-refractivity contribution is 0.613. The van der Waals surface area contributed by atoms with Gasteiger partial charge in [-0.25, -0.2) is 4.39 Å². The monoisotopic (exact) mass is 497 g/mol. The molecular formula is C30H44FN3S. The third-order valence-corrected chi connectivity index (χ3v) is 6.20. The van der Waals surface area contributed by atoms with E-state index in [2.05, 4.69) is 50.2 Å². The fourth-order valence-corrected chi connectivity index (χ4v) is 3.60. The van der Waals surface area contributed by atoms with E-state index in [1.807, 2.05) is 58.5 Å². The van der Waals surface area contributed by atoms with Crippen LogP contribution in [0, 0.1) is 24.1 Å². The van der Waals surface area contributed by atoms with Gasteiger partial charge in [0.15, 0.2) is 0 Å². The van der Waals surface area contributed by atoms with Gasteiger partial charge in [0.05, 0.1) is 5.84 Å². The minimum Gasteiger partial charge on any atom is -0.367 e. The Hall–Kier alpha value is -2.79. The molecule has 0 amide bonds. The van der Waals surface area contributed by atoms with E-state index < -0.39 is 0 Å². The number of hydrogen-bond donors (Lipinski definition) is 1. The van der Waals surface area contributed by atoms with Gasteiger partial charge in [-0.2, -0.15) is 0 Å². The molecule has 0 bridgehead atoms. The van der Waals surface area contributed by atoms with Crippen LogP contribution >= 0.6 is 11.3 Å². The summed E-state index contributed by atoms with van der Waals surface area (Å²) in [7, 11) is 3.70. The first-order chi connectivity index (χ1) is 16.6. The van der Waals surface area contributed by atoms with Crippen LogP contribution in [0.4, 0.5) is 4.39 Å². The van der Waals surface area contributed by atoms with Gasteiger partial charge >= 0.3 is 0 Å². The van der Waals surface area contributed by atoms with Crippen molar-refractivity contribution in [3.63, 3.8) is 0 Å². The second-order valence-electron chi connectivity index (χ2n) is 8.26. The third-order valence-electron chi connectivity index (χ3n) is 5.06. The van der Waals surface area contributed by atoms with E-state index in [1.165, 1.54) is 29.4 Å². The van der Waals surface area contributed by atoms with Gasteiger partial charge in [-0.1, -0.05) is 57.7 Å². The number of thiophene rings is 1. The number of rotatable bonds is 6. The summed E-state index contributed by atoms with van der Waals surface area (Å²) < 4.78 is 13.8. The molecule has 3 nitrogen and oxygen atoms in total. The van der Waals surface area contributed by atoms with Crippen LogP contribution in [-0.2, 0) is 0 Å².